The van der Waals surface area contributed by atoms with E-state index in [1.807, 2.05) is 0 Å². The third-order valence-corrected chi connectivity index (χ3v) is 4.19. The second-order valence-corrected chi connectivity index (χ2v) is 6.02. The third-order valence-electron chi connectivity index (χ3n) is 4.19. The van der Waals surface area contributed by atoms with E-state index in [9.17, 15) is 19.5 Å². The Morgan fingerprint density at radius 3 is 2.54 bits per heavy atom. The van der Waals surface area contributed by atoms with Gasteiger partial charge in [-0.05, 0) is 42.3 Å². The number of allylic oxidation sites excluding steroid dienone is 1. The quantitative estimate of drug-likeness (QED) is 0.474. The lowest BCUT2D eigenvalue weighted by molar-refractivity contribution is -0.122. The fourth-order valence-electron chi connectivity index (χ4n) is 2.87. The summed E-state index contributed by atoms with van der Waals surface area (Å²) in [5, 5.41) is 12.4. The van der Waals surface area contributed by atoms with E-state index in [-0.39, 0.29) is 17.1 Å². The number of carbonyl (C=O) groups is 3. The minimum Gasteiger partial charge on any atom is -0.504 e. The number of urea groups is 1. The first-order chi connectivity index (χ1) is 13.5. The molecule has 1 aliphatic rings. The SMILES string of the molecule is C=CCc1cc(C=C2C(=O)NC(=O)N(c3ccccc3)C2=O)cc(OC)c1O. The first-order valence-corrected chi connectivity index (χ1v) is 8.43. The van der Waals surface area contributed by atoms with E-state index in [1.54, 1.807) is 42.5 Å². The molecule has 1 fully saturated rings. The smallest absolute Gasteiger partial charge is 0.335 e. The van der Waals surface area contributed by atoms with Crippen molar-refractivity contribution >= 4 is 29.6 Å². The van der Waals surface area contributed by atoms with Gasteiger partial charge in [-0.3, -0.25) is 14.9 Å². The number of imide groups is 2. The lowest BCUT2D eigenvalue weighted by Crippen LogP contribution is -2.54. The summed E-state index contributed by atoms with van der Waals surface area (Å²) >= 11 is 0. The molecule has 2 N–H and O–H groups in total. The number of para-hydroxylation sites is 1. The molecule has 142 valence electrons. The number of hydrogen-bond donors (Lipinski definition) is 2. The van der Waals surface area contributed by atoms with Crippen molar-refractivity contribution in [2.24, 2.45) is 0 Å². The molecule has 0 saturated carbocycles. The summed E-state index contributed by atoms with van der Waals surface area (Å²) in [7, 11) is 1.40. The number of barbiturate groups is 1. The summed E-state index contributed by atoms with van der Waals surface area (Å²) in [6.45, 7) is 3.64. The Hall–Kier alpha value is -3.87. The maximum Gasteiger partial charge on any atom is 0.335 e. The van der Waals surface area contributed by atoms with Crippen molar-refractivity contribution in [1.82, 2.24) is 5.32 Å². The number of benzene rings is 2. The van der Waals surface area contributed by atoms with Crippen molar-refractivity contribution in [3.8, 4) is 11.5 Å². The number of phenolic OH excluding ortho intramolecular Hbond substituents is 1. The molecular formula is C21H18N2O5. The van der Waals surface area contributed by atoms with E-state index < -0.39 is 17.8 Å². The van der Waals surface area contributed by atoms with Crippen molar-refractivity contribution in [3.05, 3.63) is 71.8 Å². The van der Waals surface area contributed by atoms with Crippen LogP contribution in [0.5, 0.6) is 11.5 Å². The zero-order valence-corrected chi connectivity index (χ0v) is 15.1. The van der Waals surface area contributed by atoms with Crippen LogP contribution in [0, 0.1) is 0 Å². The van der Waals surface area contributed by atoms with E-state index in [1.165, 1.54) is 19.3 Å². The Labute approximate surface area is 161 Å². The number of hydrogen-bond acceptors (Lipinski definition) is 5. The van der Waals surface area contributed by atoms with Crippen LogP contribution in [0.1, 0.15) is 11.1 Å². The summed E-state index contributed by atoms with van der Waals surface area (Å²) in [5.74, 6) is -1.37. The first kappa shape index (κ1) is 18.9. The second-order valence-electron chi connectivity index (χ2n) is 6.02. The number of ether oxygens (including phenoxy) is 1. The van der Waals surface area contributed by atoms with Crippen LogP contribution in [0.4, 0.5) is 10.5 Å². The molecule has 28 heavy (non-hydrogen) atoms. The van der Waals surface area contributed by atoms with Gasteiger partial charge in [-0.15, -0.1) is 6.58 Å². The Kier molecular flexibility index (Phi) is 5.26. The average molecular weight is 378 g/mol. The van der Waals surface area contributed by atoms with Crippen LogP contribution in [0.2, 0.25) is 0 Å². The van der Waals surface area contributed by atoms with Crippen LogP contribution in [0.25, 0.3) is 6.08 Å². The molecule has 1 aliphatic heterocycles. The van der Waals surface area contributed by atoms with E-state index in [4.69, 9.17) is 4.74 Å². The summed E-state index contributed by atoms with van der Waals surface area (Å²) in [6, 6.07) is 10.6. The van der Waals surface area contributed by atoms with Gasteiger partial charge in [-0.2, -0.15) is 0 Å². The minimum absolute atomic E-state index is 0.0370. The number of amides is 4. The van der Waals surface area contributed by atoms with Crippen LogP contribution in [-0.2, 0) is 16.0 Å². The van der Waals surface area contributed by atoms with Crippen molar-refractivity contribution in [2.75, 3.05) is 12.0 Å². The molecule has 2 aromatic rings. The molecule has 0 aliphatic carbocycles. The highest BCUT2D eigenvalue weighted by molar-refractivity contribution is 6.39. The molecule has 7 heteroatoms. The average Bonchev–Trinajstić information content (AvgIpc) is 2.68. The number of rotatable bonds is 5. The van der Waals surface area contributed by atoms with E-state index in [2.05, 4.69) is 11.9 Å². The van der Waals surface area contributed by atoms with Gasteiger partial charge in [0.05, 0.1) is 12.8 Å². The fraction of sp³-hybridized carbons (Fsp3) is 0.0952. The van der Waals surface area contributed by atoms with Crippen LogP contribution >= 0.6 is 0 Å². The van der Waals surface area contributed by atoms with Gasteiger partial charge in [0.2, 0.25) is 0 Å². The van der Waals surface area contributed by atoms with Gasteiger partial charge in [-0.1, -0.05) is 24.3 Å². The van der Waals surface area contributed by atoms with Gasteiger partial charge in [0.1, 0.15) is 5.57 Å². The molecule has 2 aromatic carbocycles. The van der Waals surface area contributed by atoms with Gasteiger partial charge in [-0.25, -0.2) is 9.69 Å². The maximum absolute atomic E-state index is 12.9. The Morgan fingerprint density at radius 2 is 1.89 bits per heavy atom. The van der Waals surface area contributed by atoms with Gasteiger partial charge < -0.3 is 9.84 Å². The summed E-state index contributed by atoms with van der Waals surface area (Å²) < 4.78 is 5.16. The van der Waals surface area contributed by atoms with Gasteiger partial charge in [0, 0.05) is 5.56 Å². The molecule has 0 unspecified atom stereocenters. The molecule has 1 saturated heterocycles. The molecule has 0 spiro atoms. The standard InChI is InChI=1S/C21H18N2O5/c1-3-7-14-10-13(12-17(28-2)18(14)24)11-16-19(25)22-21(27)23(20(16)26)15-8-5-4-6-9-15/h3-6,8-12,24H,1,7H2,2H3,(H,22,25,27). The molecule has 7 nitrogen and oxygen atoms in total. The summed E-state index contributed by atoms with van der Waals surface area (Å²) in [5.41, 5.74) is 1.13. The molecule has 0 aromatic heterocycles. The van der Waals surface area contributed by atoms with Crippen molar-refractivity contribution in [1.29, 1.82) is 0 Å². The highest BCUT2D eigenvalue weighted by Gasteiger charge is 2.36. The zero-order chi connectivity index (χ0) is 20.3. The van der Waals surface area contributed by atoms with Gasteiger partial charge >= 0.3 is 6.03 Å². The fourth-order valence-corrected chi connectivity index (χ4v) is 2.87. The van der Waals surface area contributed by atoms with Crippen LogP contribution in [0.3, 0.4) is 0 Å². The molecular weight excluding hydrogens is 360 g/mol. The van der Waals surface area contributed by atoms with E-state index >= 15 is 0 Å². The summed E-state index contributed by atoms with van der Waals surface area (Å²) in [4.78, 5) is 38.2. The molecule has 0 atom stereocenters. The normalized spacial score (nSPS) is 15.5. The molecule has 0 bridgehead atoms. The Bertz CT molecular complexity index is 995. The third kappa shape index (κ3) is 3.50. The lowest BCUT2D eigenvalue weighted by Gasteiger charge is -2.26. The predicted molar refractivity (Wildman–Crippen MR) is 104 cm³/mol. The minimum atomic E-state index is -0.811. The second kappa shape index (κ2) is 7.79. The van der Waals surface area contributed by atoms with E-state index in [0.29, 0.717) is 23.2 Å². The Morgan fingerprint density at radius 1 is 1.18 bits per heavy atom. The van der Waals surface area contributed by atoms with Crippen molar-refractivity contribution < 1.29 is 24.2 Å². The van der Waals surface area contributed by atoms with E-state index in [0.717, 1.165) is 4.90 Å². The number of carbonyl (C=O) groups excluding carboxylic acids is 3. The number of nitrogens with one attached hydrogen (secondary N) is 1. The molecule has 3 rings (SSSR count). The highest BCUT2D eigenvalue weighted by Crippen LogP contribution is 2.33. The number of aromatic hydroxyl groups is 1. The zero-order valence-electron chi connectivity index (χ0n) is 15.1. The number of nitrogens with zero attached hydrogens (tertiary/aromatic N) is 1. The largest absolute Gasteiger partial charge is 0.504 e. The monoisotopic (exact) mass is 378 g/mol. The maximum atomic E-state index is 12.9. The van der Waals surface area contributed by atoms with Crippen LogP contribution < -0.4 is 15.0 Å². The lowest BCUT2D eigenvalue weighted by atomic mass is 10.0. The van der Waals surface area contributed by atoms with Gasteiger partial charge in [0.25, 0.3) is 11.8 Å². The number of methoxy groups -OCH3 is 1. The van der Waals surface area contributed by atoms with Crippen LogP contribution in [-0.4, -0.2) is 30.1 Å². The number of anilines is 1. The first-order valence-electron chi connectivity index (χ1n) is 8.43. The Balaban J connectivity index is 2.06. The van der Waals surface area contributed by atoms with Crippen molar-refractivity contribution in [2.45, 2.75) is 6.42 Å². The van der Waals surface area contributed by atoms with Gasteiger partial charge in [0.15, 0.2) is 11.5 Å². The molecule has 0 radical (unpaired) electrons. The molecule has 4 amide bonds. The summed E-state index contributed by atoms with van der Waals surface area (Å²) in [6.07, 6.45) is 3.34. The predicted octanol–water partition coefficient (Wildman–Crippen LogP) is 2.80. The number of phenols is 1. The highest BCUT2D eigenvalue weighted by atomic mass is 16.5. The topological polar surface area (TPSA) is 95.9 Å². The van der Waals surface area contributed by atoms with Crippen molar-refractivity contribution in [3.63, 3.8) is 0 Å². The van der Waals surface area contributed by atoms with Crippen LogP contribution in [0.15, 0.2) is 60.7 Å². The molecule has 1 heterocycles.